The number of benzene rings is 1. The van der Waals surface area contributed by atoms with Gasteiger partial charge in [0.25, 0.3) is 5.91 Å². The van der Waals surface area contributed by atoms with Crippen LogP contribution in [0.5, 0.6) is 0 Å². The number of nitrogens with zero attached hydrogens (tertiary/aromatic N) is 1. The number of hydrogen-bond donors (Lipinski definition) is 2. The molecule has 3 N–H and O–H groups in total. The molecule has 33 heavy (non-hydrogen) atoms. The summed E-state index contributed by atoms with van der Waals surface area (Å²) in [5.74, 6) is -0.532. The second-order valence-corrected chi connectivity index (χ2v) is 10.2. The van der Waals surface area contributed by atoms with Gasteiger partial charge < -0.3 is 20.5 Å². The molecule has 0 fully saturated rings. The molecule has 0 radical (unpaired) electrons. The first-order valence-corrected chi connectivity index (χ1v) is 11.5. The van der Waals surface area contributed by atoms with Crippen LogP contribution >= 0.6 is 0 Å². The highest BCUT2D eigenvalue weighted by Gasteiger charge is 2.36. The maximum Gasteiger partial charge on any atom is 0.417 e. The van der Waals surface area contributed by atoms with Crippen LogP contribution < -0.4 is 11.1 Å². The summed E-state index contributed by atoms with van der Waals surface area (Å²) >= 11 is 0. The molecule has 0 aromatic heterocycles. The molecular formula is C25H41N3O5. The van der Waals surface area contributed by atoms with Crippen LogP contribution in [-0.2, 0) is 20.7 Å². The highest BCUT2D eigenvalue weighted by atomic mass is 16.6. The Morgan fingerprint density at radius 3 is 2.06 bits per heavy atom. The van der Waals surface area contributed by atoms with Crippen molar-refractivity contribution in [2.45, 2.75) is 97.4 Å². The van der Waals surface area contributed by atoms with E-state index in [1.165, 1.54) is 0 Å². The monoisotopic (exact) mass is 463 g/mol. The molecule has 186 valence electrons. The zero-order valence-electron chi connectivity index (χ0n) is 21.1. The number of rotatable bonds is 9. The summed E-state index contributed by atoms with van der Waals surface area (Å²) in [6, 6.07) is 8.15. The van der Waals surface area contributed by atoms with Crippen LogP contribution in [0.1, 0.15) is 73.3 Å². The van der Waals surface area contributed by atoms with Gasteiger partial charge in [0.2, 0.25) is 0 Å². The van der Waals surface area contributed by atoms with Crippen LogP contribution in [-0.4, -0.2) is 52.8 Å². The molecule has 0 spiro atoms. The summed E-state index contributed by atoms with van der Waals surface area (Å²) in [5, 5.41) is 2.65. The molecule has 8 nitrogen and oxygen atoms in total. The van der Waals surface area contributed by atoms with Crippen LogP contribution in [0.4, 0.5) is 9.59 Å². The fraction of sp³-hybridized carbons (Fsp3) is 0.640. The van der Waals surface area contributed by atoms with Crippen molar-refractivity contribution in [3.63, 3.8) is 0 Å². The topological polar surface area (TPSA) is 111 Å². The lowest BCUT2D eigenvalue weighted by Gasteiger charge is -2.33. The molecule has 1 aromatic rings. The van der Waals surface area contributed by atoms with Crippen molar-refractivity contribution in [2.24, 2.45) is 5.73 Å². The average molecular weight is 464 g/mol. The highest BCUT2D eigenvalue weighted by Crippen LogP contribution is 2.18. The smallest absolute Gasteiger partial charge is 0.417 e. The molecule has 0 heterocycles. The number of imide groups is 1. The molecule has 0 saturated heterocycles. The number of ether oxygens (including phenoxy) is 2. The molecule has 0 saturated carbocycles. The Morgan fingerprint density at radius 2 is 1.55 bits per heavy atom. The standard InChI is InChI=1S/C25H41N3O5/c1-18(17-19-13-9-8-10-14-19)28(23(31)33-25(5,6)7)21(29)20(15-11-12-16-26)27-22(30)32-24(2,3)4/h8-10,13-14,18,20H,11-12,15-17,26H2,1-7H3,(H,27,30)/t18?,20-/m0/s1. The minimum Gasteiger partial charge on any atom is -0.444 e. The first-order valence-electron chi connectivity index (χ1n) is 11.5. The van der Waals surface area contributed by atoms with Gasteiger partial charge >= 0.3 is 12.2 Å². The quantitative estimate of drug-likeness (QED) is 0.525. The maximum absolute atomic E-state index is 13.6. The normalized spacial score (nSPS) is 13.6. The van der Waals surface area contributed by atoms with Crippen molar-refractivity contribution < 1.29 is 23.9 Å². The molecule has 0 aliphatic heterocycles. The number of hydrogen-bond acceptors (Lipinski definition) is 6. The van der Waals surface area contributed by atoms with Crippen molar-refractivity contribution in [1.29, 1.82) is 0 Å². The van der Waals surface area contributed by atoms with Crippen LogP contribution in [0.3, 0.4) is 0 Å². The van der Waals surface area contributed by atoms with Gasteiger partial charge in [0.05, 0.1) is 0 Å². The Labute approximate surface area is 198 Å². The lowest BCUT2D eigenvalue weighted by molar-refractivity contribution is -0.134. The van der Waals surface area contributed by atoms with Crippen LogP contribution in [0.2, 0.25) is 0 Å². The highest BCUT2D eigenvalue weighted by molar-refractivity contribution is 5.97. The van der Waals surface area contributed by atoms with Gasteiger partial charge in [0.15, 0.2) is 0 Å². The Bertz CT molecular complexity index is 768. The van der Waals surface area contributed by atoms with E-state index in [1.807, 2.05) is 30.3 Å². The molecule has 1 unspecified atom stereocenters. The lowest BCUT2D eigenvalue weighted by Crippen LogP contribution is -2.55. The van der Waals surface area contributed by atoms with E-state index in [0.29, 0.717) is 32.2 Å². The number of nitrogens with two attached hydrogens (primary N) is 1. The average Bonchev–Trinajstić information content (AvgIpc) is 2.65. The second kappa shape index (κ2) is 12.6. The van der Waals surface area contributed by atoms with E-state index in [2.05, 4.69) is 5.32 Å². The van der Waals surface area contributed by atoms with E-state index in [0.717, 1.165) is 10.5 Å². The summed E-state index contributed by atoms with van der Waals surface area (Å²) in [4.78, 5) is 40.3. The van der Waals surface area contributed by atoms with Crippen molar-refractivity contribution in [3.8, 4) is 0 Å². The fourth-order valence-corrected chi connectivity index (χ4v) is 3.21. The summed E-state index contributed by atoms with van der Waals surface area (Å²) in [6.07, 6.45) is 0.614. The Kier molecular flexibility index (Phi) is 10.8. The van der Waals surface area contributed by atoms with E-state index >= 15 is 0 Å². The van der Waals surface area contributed by atoms with Gasteiger partial charge in [-0.05, 0) is 86.3 Å². The largest absolute Gasteiger partial charge is 0.444 e. The van der Waals surface area contributed by atoms with Crippen LogP contribution in [0, 0.1) is 0 Å². The van der Waals surface area contributed by atoms with Gasteiger partial charge in [0.1, 0.15) is 17.2 Å². The molecule has 0 aliphatic rings. The number of carbonyl (C=O) groups excluding carboxylic acids is 3. The Hall–Kier alpha value is -2.61. The van der Waals surface area contributed by atoms with E-state index in [1.54, 1.807) is 48.5 Å². The minimum absolute atomic E-state index is 0.326. The van der Waals surface area contributed by atoms with Crippen molar-refractivity contribution in [3.05, 3.63) is 35.9 Å². The summed E-state index contributed by atoms with van der Waals surface area (Å²) < 4.78 is 10.9. The van der Waals surface area contributed by atoms with Crippen molar-refractivity contribution in [2.75, 3.05) is 6.54 Å². The molecule has 8 heteroatoms. The van der Waals surface area contributed by atoms with E-state index in [4.69, 9.17) is 15.2 Å². The molecule has 3 amide bonds. The summed E-state index contributed by atoms with van der Waals surface area (Å²) in [5.41, 5.74) is 5.08. The number of unbranched alkanes of at least 4 members (excludes halogenated alkanes) is 1. The molecule has 2 atom stereocenters. The molecule has 0 aliphatic carbocycles. The summed E-state index contributed by atoms with van der Waals surface area (Å²) in [7, 11) is 0. The lowest BCUT2D eigenvalue weighted by atomic mass is 10.0. The number of amides is 3. The van der Waals surface area contributed by atoms with Gasteiger partial charge in [-0.2, -0.15) is 0 Å². The molecule has 1 rings (SSSR count). The third kappa shape index (κ3) is 11.2. The van der Waals surface area contributed by atoms with E-state index in [-0.39, 0.29) is 0 Å². The Balaban J connectivity index is 3.19. The zero-order valence-corrected chi connectivity index (χ0v) is 21.1. The predicted molar refractivity (Wildman–Crippen MR) is 129 cm³/mol. The first kappa shape index (κ1) is 28.4. The number of nitrogens with one attached hydrogen (secondary N) is 1. The van der Waals surface area contributed by atoms with Crippen molar-refractivity contribution >= 4 is 18.1 Å². The third-order valence-corrected chi connectivity index (χ3v) is 4.58. The maximum atomic E-state index is 13.6. The van der Waals surface area contributed by atoms with Gasteiger partial charge in [-0.25, -0.2) is 14.5 Å². The SMILES string of the molecule is CC(Cc1ccccc1)N(C(=O)OC(C)(C)C)C(=O)[C@H](CCCCN)NC(=O)OC(C)(C)C. The van der Waals surface area contributed by atoms with Crippen LogP contribution in [0.25, 0.3) is 0 Å². The van der Waals surface area contributed by atoms with Crippen molar-refractivity contribution in [1.82, 2.24) is 10.2 Å². The first-order chi connectivity index (χ1) is 15.2. The molecule has 1 aromatic carbocycles. The van der Waals surface area contributed by atoms with Gasteiger partial charge in [-0.1, -0.05) is 30.3 Å². The second-order valence-electron chi connectivity index (χ2n) is 10.2. The Morgan fingerprint density at radius 1 is 0.970 bits per heavy atom. The van der Waals surface area contributed by atoms with Crippen LogP contribution in [0.15, 0.2) is 30.3 Å². The number of alkyl carbamates (subject to hydrolysis) is 1. The summed E-state index contributed by atoms with van der Waals surface area (Å²) in [6.45, 7) is 12.7. The van der Waals surface area contributed by atoms with Gasteiger partial charge in [-0.3, -0.25) is 4.79 Å². The van der Waals surface area contributed by atoms with Gasteiger partial charge in [0, 0.05) is 6.04 Å². The fourth-order valence-electron chi connectivity index (χ4n) is 3.21. The van der Waals surface area contributed by atoms with Gasteiger partial charge in [-0.15, -0.1) is 0 Å². The zero-order chi connectivity index (χ0) is 25.2. The third-order valence-electron chi connectivity index (χ3n) is 4.58. The van der Waals surface area contributed by atoms with E-state index < -0.39 is 41.4 Å². The minimum atomic E-state index is -0.947. The van der Waals surface area contributed by atoms with E-state index in [9.17, 15) is 14.4 Å². The predicted octanol–water partition coefficient (Wildman–Crippen LogP) is 4.40. The number of carbonyl (C=O) groups is 3. The molecule has 0 bridgehead atoms. The molecular weight excluding hydrogens is 422 g/mol.